The van der Waals surface area contributed by atoms with E-state index >= 15 is 0 Å². The number of nitrogens with one attached hydrogen (secondary N) is 2. The van der Waals surface area contributed by atoms with Crippen molar-refractivity contribution in [2.45, 2.75) is 31.5 Å². The van der Waals surface area contributed by atoms with Gasteiger partial charge in [-0.15, -0.1) is 11.3 Å². The van der Waals surface area contributed by atoms with Gasteiger partial charge < -0.3 is 15.1 Å². The van der Waals surface area contributed by atoms with Crippen LogP contribution in [0, 0.1) is 5.82 Å². The molecule has 3 heterocycles. The number of carbonyl (C=O) groups excluding carboxylic acids is 2. The summed E-state index contributed by atoms with van der Waals surface area (Å²) < 4.78 is 18.6. The summed E-state index contributed by atoms with van der Waals surface area (Å²) >= 11 is 1.53. The van der Waals surface area contributed by atoms with Gasteiger partial charge in [-0.1, -0.05) is 18.2 Å². The summed E-state index contributed by atoms with van der Waals surface area (Å²) in [4.78, 5) is 28.4. The highest BCUT2D eigenvalue weighted by Gasteiger charge is 2.32. The number of carbonyl (C=O) groups is 2. The minimum atomic E-state index is -0.359. The topological polar surface area (TPSA) is 74.6 Å². The predicted octanol–water partition coefficient (Wildman–Crippen LogP) is 3.47. The molecule has 2 amide bonds. The average Bonchev–Trinajstić information content (AvgIpc) is 3.54. The SMILES string of the molecule is O=C(CN1CCC[C@H]1C(=O)NCc1ccco1)N[C@H](c1ccc(F)cc1)c1cccs1. The normalized spacial score (nSPS) is 17.4. The van der Waals surface area contributed by atoms with Crippen molar-refractivity contribution in [2.75, 3.05) is 13.1 Å². The maximum absolute atomic E-state index is 13.4. The van der Waals surface area contributed by atoms with E-state index in [0.29, 0.717) is 25.3 Å². The molecule has 1 aliphatic rings. The number of benzene rings is 1. The Morgan fingerprint density at radius 2 is 2.03 bits per heavy atom. The number of nitrogens with zero attached hydrogens (tertiary/aromatic N) is 1. The Kier molecular flexibility index (Phi) is 6.79. The van der Waals surface area contributed by atoms with Gasteiger partial charge in [0.05, 0.1) is 31.4 Å². The van der Waals surface area contributed by atoms with Crippen LogP contribution in [0.1, 0.15) is 35.1 Å². The van der Waals surface area contributed by atoms with Gasteiger partial charge in [-0.05, 0) is 60.7 Å². The molecule has 6 nitrogen and oxygen atoms in total. The molecule has 8 heteroatoms. The van der Waals surface area contributed by atoms with Crippen LogP contribution in [0.5, 0.6) is 0 Å². The van der Waals surface area contributed by atoms with Gasteiger partial charge in [0.2, 0.25) is 11.8 Å². The third-order valence-electron chi connectivity index (χ3n) is 5.37. The fraction of sp³-hybridized carbons (Fsp3) is 0.304. The molecule has 4 rings (SSSR count). The van der Waals surface area contributed by atoms with E-state index in [9.17, 15) is 14.0 Å². The summed E-state index contributed by atoms with van der Waals surface area (Å²) in [6.07, 6.45) is 3.14. The second kappa shape index (κ2) is 9.89. The molecule has 0 spiro atoms. The largest absolute Gasteiger partial charge is 0.467 e. The molecule has 31 heavy (non-hydrogen) atoms. The Labute approximate surface area is 184 Å². The number of hydrogen-bond donors (Lipinski definition) is 2. The second-order valence-electron chi connectivity index (χ2n) is 7.49. The molecule has 2 N–H and O–H groups in total. The molecule has 2 aromatic heterocycles. The van der Waals surface area contributed by atoms with E-state index in [0.717, 1.165) is 16.9 Å². The maximum Gasteiger partial charge on any atom is 0.237 e. The highest BCUT2D eigenvalue weighted by molar-refractivity contribution is 7.10. The van der Waals surface area contributed by atoms with Crippen molar-refractivity contribution in [1.29, 1.82) is 0 Å². The van der Waals surface area contributed by atoms with Gasteiger partial charge in [0, 0.05) is 4.88 Å². The van der Waals surface area contributed by atoms with Gasteiger partial charge >= 0.3 is 0 Å². The third kappa shape index (κ3) is 5.39. The zero-order chi connectivity index (χ0) is 21.6. The summed E-state index contributed by atoms with van der Waals surface area (Å²) in [7, 11) is 0. The van der Waals surface area contributed by atoms with E-state index in [1.165, 1.54) is 23.5 Å². The molecular weight excluding hydrogens is 417 g/mol. The van der Waals surface area contributed by atoms with Crippen LogP contribution in [0.3, 0.4) is 0 Å². The Morgan fingerprint density at radius 1 is 1.19 bits per heavy atom. The third-order valence-corrected chi connectivity index (χ3v) is 6.30. The van der Waals surface area contributed by atoms with E-state index < -0.39 is 0 Å². The fourth-order valence-electron chi connectivity index (χ4n) is 3.84. The minimum absolute atomic E-state index is 0.102. The molecule has 3 aromatic rings. The lowest BCUT2D eigenvalue weighted by Gasteiger charge is -2.25. The van der Waals surface area contributed by atoms with Crippen molar-refractivity contribution >= 4 is 23.2 Å². The van der Waals surface area contributed by atoms with Crippen molar-refractivity contribution < 1.29 is 18.4 Å². The average molecular weight is 442 g/mol. The van der Waals surface area contributed by atoms with E-state index in [1.807, 2.05) is 22.4 Å². The van der Waals surface area contributed by atoms with Crippen molar-refractivity contribution in [3.63, 3.8) is 0 Å². The lowest BCUT2D eigenvalue weighted by molar-refractivity contribution is -0.128. The zero-order valence-corrected chi connectivity index (χ0v) is 17.7. The van der Waals surface area contributed by atoms with Crippen molar-refractivity contribution in [1.82, 2.24) is 15.5 Å². The van der Waals surface area contributed by atoms with E-state index in [4.69, 9.17) is 4.42 Å². The Hall–Kier alpha value is -2.97. The number of rotatable bonds is 8. The van der Waals surface area contributed by atoms with Gasteiger partial charge in [-0.25, -0.2) is 4.39 Å². The van der Waals surface area contributed by atoms with Gasteiger partial charge in [0.1, 0.15) is 11.6 Å². The zero-order valence-electron chi connectivity index (χ0n) is 16.9. The minimum Gasteiger partial charge on any atom is -0.467 e. The molecule has 1 fully saturated rings. The molecule has 0 unspecified atom stereocenters. The number of amides is 2. The number of halogens is 1. The molecule has 1 aromatic carbocycles. The molecule has 2 atom stereocenters. The quantitative estimate of drug-likeness (QED) is 0.561. The van der Waals surface area contributed by atoms with Crippen LogP contribution in [0.2, 0.25) is 0 Å². The monoisotopic (exact) mass is 441 g/mol. The highest BCUT2D eigenvalue weighted by Crippen LogP contribution is 2.26. The van der Waals surface area contributed by atoms with E-state index in [2.05, 4.69) is 10.6 Å². The summed E-state index contributed by atoms with van der Waals surface area (Å²) in [5.41, 5.74) is 0.811. The van der Waals surface area contributed by atoms with E-state index in [1.54, 1.807) is 30.5 Å². The molecular formula is C23H24FN3O3S. The standard InChI is InChI=1S/C23H24FN3O3S/c24-17-9-7-16(8-10-17)22(20-6-3-13-31-20)26-21(28)15-27-11-1-5-19(27)23(29)25-14-18-4-2-12-30-18/h2-4,6-10,12-13,19,22H,1,5,11,14-15H2,(H,25,29)(H,26,28)/t19-,22+/m0/s1. The van der Waals surface area contributed by atoms with Crippen LogP contribution >= 0.6 is 11.3 Å². The summed E-state index contributed by atoms with van der Waals surface area (Å²) in [5, 5.41) is 7.88. The van der Waals surface area contributed by atoms with Crippen LogP contribution in [0.4, 0.5) is 4.39 Å². The van der Waals surface area contributed by atoms with E-state index in [-0.39, 0.29) is 36.3 Å². The first-order valence-corrected chi connectivity index (χ1v) is 11.1. The highest BCUT2D eigenvalue weighted by atomic mass is 32.1. The van der Waals surface area contributed by atoms with Gasteiger partial charge in [0.15, 0.2) is 0 Å². The second-order valence-corrected chi connectivity index (χ2v) is 8.47. The number of likely N-dealkylation sites (tertiary alicyclic amines) is 1. The number of hydrogen-bond acceptors (Lipinski definition) is 5. The molecule has 1 saturated heterocycles. The van der Waals surface area contributed by atoms with Crippen molar-refractivity contribution in [3.8, 4) is 0 Å². The Bertz CT molecular complexity index is 990. The lowest BCUT2D eigenvalue weighted by Crippen LogP contribution is -2.47. The number of furan rings is 1. The summed E-state index contributed by atoms with van der Waals surface area (Å²) in [5.74, 6) is 0.0951. The first-order chi connectivity index (χ1) is 15.1. The van der Waals surface area contributed by atoms with Gasteiger partial charge in [-0.3, -0.25) is 14.5 Å². The lowest BCUT2D eigenvalue weighted by atomic mass is 10.1. The maximum atomic E-state index is 13.4. The summed E-state index contributed by atoms with van der Waals surface area (Å²) in [6.45, 7) is 1.14. The van der Waals surface area contributed by atoms with Crippen LogP contribution in [-0.2, 0) is 16.1 Å². The molecule has 0 aliphatic carbocycles. The van der Waals surface area contributed by atoms with Crippen molar-refractivity contribution in [2.24, 2.45) is 0 Å². The van der Waals surface area contributed by atoms with Crippen LogP contribution in [-0.4, -0.2) is 35.8 Å². The fourth-order valence-corrected chi connectivity index (χ4v) is 4.64. The van der Waals surface area contributed by atoms with Gasteiger partial charge in [0.25, 0.3) is 0 Å². The molecule has 0 saturated carbocycles. The number of thiophene rings is 1. The molecule has 0 radical (unpaired) electrons. The van der Waals surface area contributed by atoms with Crippen LogP contribution in [0.15, 0.2) is 64.6 Å². The van der Waals surface area contributed by atoms with Gasteiger partial charge in [-0.2, -0.15) is 0 Å². The smallest absolute Gasteiger partial charge is 0.237 e. The predicted molar refractivity (Wildman–Crippen MR) is 116 cm³/mol. The Morgan fingerprint density at radius 3 is 2.74 bits per heavy atom. The molecule has 162 valence electrons. The van der Waals surface area contributed by atoms with Crippen molar-refractivity contribution in [3.05, 3.63) is 82.2 Å². The first-order valence-electron chi connectivity index (χ1n) is 10.2. The first kappa shape index (κ1) is 21.3. The Balaban J connectivity index is 1.38. The molecule has 0 bridgehead atoms. The van der Waals surface area contributed by atoms with Crippen LogP contribution in [0.25, 0.3) is 0 Å². The summed E-state index contributed by atoms with van der Waals surface area (Å²) in [6, 6.07) is 12.9. The molecule has 1 aliphatic heterocycles. The van der Waals surface area contributed by atoms with Crippen LogP contribution < -0.4 is 10.6 Å².